The molecule has 0 saturated carbocycles. The molecular weight excluding hydrogens is 274 g/mol. The average molecular weight is 295 g/mol. The molecule has 0 saturated heterocycles. The van der Waals surface area contributed by atoms with Crippen LogP contribution in [0.1, 0.15) is 43.7 Å². The minimum atomic E-state index is -0.948. The lowest BCUT2D eigenvalue weighted by molar-refractivity contribution is -0.140. The van der Waals surface area contributed by atoms with E-state index in [9.17, 15) is 4.79 Å². The highest BCUT2D eigenvalue weighted by Gasteiger charge is 2.42. The molecule has 2 atom stereocenters. The second kappa shape index (κ2) is 5.44. The van der Waals surface area contributed by atoms with Crippen molar-refractivity contribution in [3.05, 3.63) is 21.9 Å². The number of fused-ring (bicyclic) bond motifs is 1. The zero-order chi connectivity index (χ0) is 14.9. The maximum atomic E-state index is 12.9. The molecule has 1 aromatic heterocycles. The summed E-state index contributed by atoms with van der Waals surface area (Å²) >= 11 is 1.74. The standard InChI is InChI=1S/C14H21N3O2S/c1-4-14(3,12(15)16-19)13(18)17-7-5-11-10(9(17)2)6-8-20-11/h6,8-9,19H,4-5,7H2,1-3H3,(H2,15,16). The fourth-order valence-corrected chi connectivity index (χ4v) is 3.62. The first kappa shape index (κ1) is 14.8. The van der Waals surface area contributed by atoms with Crippen LogP contribution in [0.2, 0.25) is 0 Å². The maximum Gasteiger partial charge on any atom is 0.236 e. The van der Waals surface area contributed by atoms with E-state index < -0.39 is 5.41 Å². The van der Waals surface area contributed by atoms with Gasteiger partial charge in [0.25, 0.3) is 0 Å². The minimum Gasteiger partial charge on any atom is -0.409 e. The number of carbonyl (C=O) groups is 1. The van der Waals surface area contributed by atoms with Crippen molar-refractivity contribution in [2.75, 3.05) is 6.54 Å². The lowest BCUT2D eigenvalue weighted by atomic mass is 9.83. The highest BCUT2D eigenvalue weighted by atomic mass is 32.1. The summed E-state index contributed by atoms with van der Waals surface area (Å²) in [6.45, 7) is 6.33. The SMILES string of the molecule is CCC(C)(C(=O)N1CCc2sccc2C1C)/C(N)=N/O. The first-order valence-corrected chi connectivity index (χ1v) is 7.69. The quantitative estimate of drug-likeness (QED) is 0.389. The molecule has 1 aromatic rings. The third-order valence-electron chi connectivity index (χ3n) is 4.39. The zero-order valence-electron chi connectivity index (χ0n) is 12.1. The number of nitrogens with zero attached hydrogens (tertiary/aromatic N) is 2. The molecule has 2 unspecified atom stereocenters. The second-order valence-corrected chi connectivity index (χ2v) is 6.40. The largest absolute Gasteiger partial charge is 0.409 e. The van der Waals surface area contributed by atoms with E-state index in [4.69, 9.17) is 10.9 Å². The number of nitrogens with two attached hydrogens (primary N) is 1. The van der Waals surface area contributed by atoms with Crippen LogP contribution in [0, 0.1) is 5.41 Å². The van der Waals surface area contributed by atoms with Crippen LogP contribution in [0.25, 0.3) is 0 Å². The summed E-state index contributed by atoms with van der Waals surface area (Å²) in [4.78, 5) is 16.0. The third-order valence-corrected chi connectivity index (χ3v) is 5.39. The molecule has 5 nitrogen and oxygen atoms in total. The zero-order valence-corrected chi connectivity index (χ0v) is 12.9. The monoisotopic (exact) mass is 295 g/mol. The van der Waals surface area contributed by atoms with Gasteiger partial charge in [-0.3, -0.25) is 4.79 Å². The van der Waals surface area contributed by atoms with Gasteiger partial charge in [-0.05, 0) is 43.7 Å². The normalized spacial score (nSPS) is 22.2. The summed E-state index contributed by atoms with van der Waals surface area (Å²) < 4.78 is 0. The smallest absolute Gasteiger partial charge is 0.236 e. The van der Waals surface area contributed by atoms with E-state index in [0.29, 0.717) is 13.0 Å². The van der Waals surface area contributed by atoms with Gasteiger partial charge in [-0.2, -0.15) is 0 Å². The van der Waals surface area contributed by atoms with Gasteiger partial charge in [-0.15, -0.1) is 11.3 Å². The summed E-state index contributed by atoms with van der Waals surface area (Å²) in [6, 6.07) is 2.12. The number of amidine groups is 1. The van der Waals surface area contributed by atoms with Gasteiger partial charge in [0.15, 0.2) is 5.84 Å². The summed E-state index contributed by atoms with van der Waals surface area (Å²) in [6.07, 6.45) is 1.38. The molecule has 2 heterocycles. The first-order valence-electron chi connectivity index (χ1n) is 6.81. The van der Waals surface area contributed by atoms with E-state index in [1.807, 2.05) is 18.7 Å². The number of rotatable bonds is 3. The maximum absolute atomic E-state index is 12.9. The van der Waals surface area contributed by atoms with Gasteiger partial charge in [0, 0.05) is 11.4 Å². The number of amides is 1. The molecule has 0 radical (unpaired) electrons. The number of carbonyl (C=O) groups excluding carboxylic acids is 1. The molecule has 110 valence electrons. The highest BCUT2D eigenvalue weighted by Crippen LogP contribution is 2.36. The molecule has 1 amide bonds. The second-order valence-electron chi connectivity index (χ2n) is 5.39. The number of hydrogen-bond acceptors (Lipinski definition) is 4. The van der Waals surface area contributed by atoms with Crippen molar-refractivity contribution >= 4 is 23.1 Å². The van der Waals surface area contributed by atoms with Crippen LogP contribution in [0.3, 0.4) is 0 Å². The molecule has 1 aliphatic heterocycles. The van der Waals surface area contributed by atoms with Gasteiger partial charge in [0.05, 0.1) is 6.04 Å². The van der Waals surface area contributed by atoms with Gasteiger partial charge >= 0.3 is 0 Å². The molecular formula is C14H21N3O2S. The van der Waals surface area contributed by atoms with Crippen molar-refractivity contribution in [2.45, 2.75) is 39.7 Å². The van der Waals surface area contributed by atoms with E-state index in [0.717, 1.165) is 6.42 Å². The van der Waals surface area contributed by atoms with Gasteiger partial charge in [0.2, 0.25) is 5.91 Å². The van der Waals surface area contributed by atoms with E-state index >= 15 is 0 Å². The average Bonchev–Trinajstić information content (AvgIpc) is 2.94. The molecule has 0 bridgehead atoms. The number of oxime groups is 1. The Morgan fingerprint density at radius 1 is 1.70 bits per heavy atom. The Hall–Kier alpha value is -1.56. The Kier molecular flexibility index (Phi) is 4.04. The van der Waals surface area contributed by atoms with Gasteiger partial charge < -0.3 is 15.8 Å². The molecule has 3 N–H and O–H groups in total. The summed E-state index contributed by atoms with van der Waals surface area (Å²) in [5, 5.41) is 14.1. The van der Waals surface area contributed by atoms with Crippen molar-refractivity contribution in [3.8, 4) is 0 Å². The van der Waals surface area contributed by atoms with Gasteiger partial charge in [-0.1, -0.05) is 12.1 Å². The molecule has 20 heavy (non-hydrogen) atoms. The van der Waals surface area contributed by atoms with E-state index in [2.05, 4.69) is 16.6 Å². The molecule has 6 heteroatoms. The van der Waals surface area contributed by atoms with Crippen molar-refractivity contribution in [2.24, 2.45) is 16.3 Å². The lowest BCUT2D eigenvalue weighted by Gasteiger charge is -2.39. The van der Waals surface area contributed by atoms with Crippen molar-refractivity contribution in [3.63, 3.8) is 0 Å². The summed E-state index contributed by atoms with van der Waals surface area (Å²) in [7, 11) is 0. The summed E-state index contributed by atoms with van der Waals surface area (Å²) in [5.74, 6) is -0.0898. The lowest BCUT2D eigenvalue weighted by Crippen LogP contribution is -2.51. The molecule has 0 fully saturated rings. The fraction of sp³-hybridized carbons (Fsp3) is 0.571. The van der Waals surface area contributed by atoms with E-state index in [-0.39, 0.29) is 17.8 Å². The minimum absolute atomic E-state index is 0.0201. The Morgan fingerprint density at radius 3 is 3.00 bits per heavy atom. The highest BCUT2D eigenvalue weighted by molar-refractivity contribution is 7.10. The van der Waals surface area contributed by atoms with Crippen LogP contribution in [0.4, 0.5) is 0 Å². The molecule has 0 spiro atoms. The van der Waals surface area contributed by atoms with E-state index in [1.54, 1.807) is 18.3 Å². The molecule has 1 aliphatic rings. The Balaban J connectivity index is 2.31. The van der Waals surface area contributed by atoms with Crippen LogP contribution in [0.15, 0.2) is 16.6 Å². The third kappa shape index (κ3) is 2.18. The number of thiophene rings is 1. The molecule has 2 rings (SSSR count). The predicted molar refractivity (Wildman–Crippen MR) is 80.0 cm³/mol. The van der Waals surface area contributed by atoms with Crippen LogP contribution in [-0.4, -0.2) is 28.4 Å². The Labute approximate surface area is 123 Å². The van der Waals surface area contributed by atoms with Crippen molar-refractivity contribution in [1.29, 1.82) is 0 Å². The Bertz CT molecular complexity index is 540. The van der Waals surface area contributed by atoms with Crippen LogP contribution in [-0.2, 0) is 11.2 Å². The fourth-order valence-electron chi connectivity index (χ4n) is 2.66. The molecule has 0 aromatic carbocycles. The number of hydrogen-bond donors (Lipinski definition) is 2. The van der Waals surface area contributed by atoms with Crippen molar-refractivity contribution in [1.82, 2.24) is 4.90 Å². The van der Waals surface area contributed by atoms with E-state index in [1.165, 1.54) is 10.4 Å². The first-order chi connectivity index (χ1) is 9.45. The Morgan fingerprint density at radius 2 is 2.40 bits per heavy atom. The van der Waals surface area contributed by atoms with Crippen LogP contribution >= 0.6 is 11.3 Å². The predicted octanol–water partition coefficient (Wildman–Crippen LogP) is 2.36. The summed E-state index contributed by atoms with van der Waals surface area (Å²) in [5.41, 5.74) is 6.01. The van der Waals surface area contributed by atoms with Crippen LogP contribution in [0.5, 0.6) is 0 Å². The van der Waals surface area contributed by atoms with Crippen molar-refractivity contribution < 1.29 is 10.0 Å². The van der Waals surface area contributed by atoms with Gasteiger partial charge in [0.1, 0.15) is 5.41 Å². The molecule has 0 aliphatic carbocycles. The topological polar surface area (TPSA) is 78.9 Å². The van der Waals surface area contributed by atoms with Gasteiger partial charge in [-0.25, -0.2) is 0 Å². The van der Waals surface area contributed by atoms with Crippen LogP contribution < -0.4 is 5.73 Å².